The largest absolute Gasteiger partial charge is 0.390 e. The summed E-state index contributed by atoms with van der Waals surface area (Å²) in [6.07, 6.45) is 5.87. The Morgan fingerprint density at radius 1 is 1.41 bits per heavy atom. The fourth-order valence-electron chi connectivity index (χ4n) is 2.66. The van der Waals surface area contributed by atoms with Crippen molar-refractivity contribution < 1.29 is 9.84 Å². The number of thiophene rings is 1. The van der Waals surface area contributed by atoms with Gasteiger partial charge in [-0.2, -0.15) is 0 Å². The minimum atomic E-state index is -0.390. The molecule has 0 amide bonds. The van der Waals surface area contributed by atoms with E-state index in [-0.39, 0.29) is 5.60 Å². The van der Waals surface area contributed by atoms with Gasteiger partial charge in [-0.3, -0.25) is 0 Å². The van der Waals surface area contributed by atoms with Gasteiger partial charge in [0.1, 0.15) is 0 Å². The Morgan fingerprint density at radius 2 is 2.12 bits per heavy atom. The first-order valence-corrected chi connectivity index (χ1v) is 7.75. The van der Waals surface area contributed by atoms with Crippen molar-refractivity contribution in [2.45, 2.75) is 50.2 Å². The first kappa shape index (κ1) is 13.5. The average Bonchev–Trinajstić information content (AvgIpc) is 2.75. The highest BCUT2D eigenvalue weighted by Gasteiger charge is 2.39. The molecule has 1 aromatic heterocycles. The lowest BCUT2D eigenvalue weighted by molar-refractivity contribution is -0.122. The van der Waals surface area contributed by atoms with Gasteiger partial charge in [-0.15, -0.1) is 11.3 Å². The van der Waals surface area contributed by atoms with Gasteiger partial charge in [-0.25, -0.2) is 0 Å². The molecule has 0 radical (unpaired) electrons. The van der Waals surface area contributed by atoms with Crippen LogP contribution in [0, 0.1) is 0 Å². The maximum Gasteiger partial charge on any atom is 0.0939 e. The third-order valence-corrected chi connectivity index (χ3v) is 5.38. The lowest BCUT2D eigenvalue weighted by Gasteiger charge is -2.39. The van der Waals surface area contributed by atoms with Crippen LogP contribution in [0.2, 0.25) is 0 Å². The summed E-state index contributed by atoms with van der Waals surface area (Å²) in [4.78, 5) is 1.21. The summed E-state index contributed by atoms with van der Waals surface area (Å²) in [5, 5.41) is 10.5. The second-order valence-corrected chi connectivity index (χ2v) is 7.30. The maximum atomic E-state index is 10.5. The van der Waals surface area contributed by atoms with Gasteiger partial charge in [0, 0.05) is 18.4 Å². The van der Waals surface area contributed by atoms with Crippen LogP contribution >= 0.6 is 27.3 Å². The predicted molar refractivity (Wildman–Crippen MR) is 74.6 cm³/mol. The first-order valence-electron chi connectivity index (χ1n) is 6.14. The van der Waals surface area contributed by atoms with Crippen LogP contribution in [0.5, 0.6) is 0 Å². The number of ether oxygens (including phenoxy) is 1. The molecule has 17 heavy (non-hydrogen) atoms. The van der Waals surface area contributed by atoms with Crippen molar-refractivity contribution in [1.82, 2.24) is 0 Å². The van der Waals surface area contributed by atoms with Crippen molar-refractivity contribution in [2.24, 2.45) is 0 Å². The molecule has 1 unspecified atom stereocenters. The van der Waals surface area contributed by atoms with E-state index in [9.17, 15) is 5.11 Å². The quantitative estimate of drug-likeness (QED) is 0.915. The van der Waals surface area contributed by atoms with Crippen LogP contribution < -0.4 is 0 Å². The van der Waals surface area contributed by atoms with Gasteiger partial charge in [0.2, 0.25) is 0 Å². The number of hydrogen-bond donors (Lipinski definition) is 1. The average molecular weight is 319 g/mol. The van der Waals surface area contributed by atoms with Gasteiger partial charge in [0.15, 0.2) is 0 Å². The fourth-order valence-corrected chi connectivity index (χ4v) is 4.18. The predicted octanol–water partition coefficient (Wildman–Crippen LogP) is 3.76. The highest BCUT2D eigenvalue weighted by atomic mass is 79.9. The molecule has 1 N–H and O–H groups in total. The third kappa shape index (κ3) is 3.11. The van der Waals surface area contributed by atoms with Crippen LogP contribution in [0.3, 0.4) is 0 Å². The number of halogens is 1. The summed E-state index contributed by atoms with van der Waals surface area (Å²) in [6, 6.07) is 4.11. The molecule has 1 aliphatic carbocycles. The number of aliphatic hydroxyl groups excluding tert-OH is 1. The fraction of sp³-hybridized carbons (Fsp3) is 0.692. The van der Waals surface area contributed by atoms with Crippen LogP contribution in [0.4, 0.5) is 0 Å². The van der Waals surface area contributed by atoms with Crippen molar-refractivity contribution >= 4 is 27.3 Å². The molecule has 0 saturated heterocycles. The zero-order valence-corrected chi connectivity index (χ0v) is 12.5. The first-order chi connectivity index (χ1) is 8.16. The van der Waals surface area contributed by atoms with E-state index in [1.54, 1.807) is 18.4 Å². The second kappa shape index (κ2) is 5.83. The molecule has 1 fully saturated rings. The molecule has 96 valence electrons. The van der Waals surface area contributed by atoms with Crippen LogP contribution in [0.1, 0.15) is 37.0 Å². The van der Waals surface area contributed by atoms with Crippen molar-refractivity contribution in [3.8, 4) is 0 Å². The topological polar surface area (TPSA) is 29.5 Å². The van der Waals surface area contributed by atoms with Crippen molar-refractivity contribution in [3.63, 3.8) is 0 Å². The summed E-state index contributed by atoms with van der Waals surface area (Å²) in [7, 11) is 1.73. The van der Waals surface area contributed by atoms with Crippen molar-refractivity contribution in [2.75, 3.05) is 7.11 Å². The molecule has 0 spiro atoms. The Morgan fingerprint density at radius 3 is 2.65 bits per heavy atom. The van der Waals surface area contributed by atoms with E-state index >= 15 is 0 Å². The molecule has 0 bridgehead atoms. The number of aliphatic hydroxyl groups is 1. The SMILES string of the molecule is COC1(C(O)Cc2ccc(Br)s2)CCCCC1. The van der Waals surface area contributed by atoms with Crippen LogP contribution in [0.25, 0.3) is 0 Å². The van der Waals surface area contributed by atoms with Gasteiger partial charge in [0.25, 0.3) is 0 Å². The van der Waals surface area contributed by atoms with Crippen molar-refractivity contribution in [1.29, 1.82) is 0 Å². The highest BCUT2D eigenvalue weighted by molar-refractivity contribution is 9.11. The van der Waals surface area contributed by atoms with E-state index in [0.717, 1.165) is 16.6 Å². The Labute approximate surface area is 115 Å². The van der Waals surface area contributed by atoms with Gasteiger partial charge in [-0.1, -0.05) is 19.3 Å². The smallest absolute Gasteiger partial charge is 0.0939 e. The molecule has 4 heteroatoms. The molecule has 1 saturated carbocycles. The van der Waals surface area contributed by atoms with Gasteiger partial charge in [0.05, 0.1) is 15.5 Å². The third-order valence-electron chi connectivity index (χ3n) is 3.74. The van der Waals surface area contributed by atoms with E-state index in [1.807, 2.05) is 6.07 Å². The molecule has 1 atom stereocenters. The minimum Gasteiger partial charge on any atom is -0.390 e. The molecule has 1 aromatic rings. The molecule has 2 rings (SSSR count). The maximum absolute atomic E-state index is 10.5. The standard InChI is InChI=1S/C13H19BrO2S/c1-16-13(7-3-2-4-8-13)11(15)9-10-5-6-12(14)17-10/h5-6,11,15H,2-4,7-9H2,1H3. The number of methoxy groups -OCH3 is 1. The summed E-state index contributed by atoms with van der Waals surface area (Å²) in [5.74, 6) is 0. The highest BCUT2D eigenvalue weighted by Crippen LogP contribution is 2.36. The molecule has 1 heterocycles. The van der Waals surface area contributed by atoms with Crippen LogP contribution in [0.15, 0.2) is 15.9 Å². The van der Waals surface area contributed by atoms with Crippen LogP contribution in [-0.2, 0) is 11.2 Å². The molecule has 0 aromatic carbocycles. The van der Waals surface area contributed by atoms with Gasteiger partial charge >= 0.3 is 0 Å². The van der Waals surface area contributed by atoms with E-state index in [4.69, 9.17) is 4.74 Å². The summed E-state index contributed by atoms with van der Waals surface area (Å²) < 4.78 is 6.78. The van der Waals surface area contributed by atoms with Gasteiger partial charge < -0.3 is 9.84 Å². The molecular weight excluding hydrogens is 300 g/mol. The monoisotopic (exact) mass is 318 g/mol. The Kier molecular flexibility index (Phi) is 4.64. The van der Waals surface area contributed by atoms with Gasteiger partial charge in [-0.05, 0) is 40.9 Å². The summed E-state index contributed by atoms with van der Waals surface area (Å²) in [6.45, 7) is 0. The zero-order valence-electron chi connectivity index (χ0n) is 10.1. The number of rotatable bonds is 4. The van der Waals surface area contributed by atoms with E-state index < -0.39 is 6.10 Å². The lowest BCUT2D eigenvalue weighted by atomic mass is 9.79. The molecular formula is C13H19BrO2S. The normalized spacial score (nSPS) is 21.4. The molecule has 2 nitrogen and oxygen atoms in total. The van der Waals surface area contributed by atoms with E-state index in [2.05, 4.69) is 22.0 Å². The molecule has 1 aliphatic rings. The van der Waals surface area contributed by atoms with Crippen LogP contribution in [-0.4, -0.2) is 23.9 Å². The second-order valence-electron chi connectivity index (χ2n) is 4.76. The zero-order chi connectivity index (χ0) is 12.3. The van der Waals surface area contributed by atoms with E-state index in [0.29, 0.717) is 6.42 Å². The summed E-state index contributed by atoms with van der Waals surface area (Å²) >= 11 is 5.14. The minimum absolute atomic E-state index is 0.311. The number of hydrogen-bond acceptors (Lipinski definition) is 3. The van der Waals surface area contributed by atoms with Crippen molar-refractivity contribution in [3.05, 3.63) is 20.8 Å². The Hall–Kier alpha value is 0.1000. The lowest BCUT2D eigenvalue weighted by Crippen LogP contribution is -2.46. The molecule has 0 aliphatic heterocycles. The Bertz CT molecular complexity index is 358. The Balaban J connectivity index is 2.04. The van der Waals surface area contributed by atoms with E-state index in [1.165, 1.54) is 24.1 Å². The summed E-state index contributed by atoms with van der Waals surface area (Å²) in [5.41, 5.74) is -0.311.